The summed E-state index contributed by atoms with van der Waals surface area (Å²) in [6.07, 6.45) is 3.38. The summed E-state index contributed by atoms with van der Waals surface area (Å²) in [5, 5.41) is 13.0. The van der Waals surface area contributed by atoms with Crippen LogP contribution < -0.4 is 4.74 Å². The van der Waals surface area contributed by atoms with Crippen LogP contribution in [0.1, 0.15) is 23.6 Å². The van der Waals surface area contributed by atoms with E-state index in [-0.39, 0.29) is 24.6 Å². The minimum atomic E-state index is -0.508. The molecule has 0 spiro atoms. The topological polar surface area (TPSA) is 90.0 Å². The SMILES string of the molecule is CCOC(=O)Cc1cnn(-c2cccc(OCc3ccc(C#N)cc3F)n2)c1. The standard InChI is InChI=1S/C20H17FN4O3/c1-2-27-20(26)9-15-11-23-25(12-15)18-4-3-5-19(24-18)28-13-16-7-6-14(10-22)8-17(16)21/h3-8,11-12H,2,9,13H2,1H3. The van der Waals surface area contributed by atoms with Gasteiger partial charge in [-0.15, -0.1) is 0 Å². The van der Waals surface area contributed by atoms with E-state index in [0.29, 0.717) is 29.4 Å². The lowest BCUT2D eigenvalue weighted by molar-refractivity contribution is -0.142. The molecular formula is C20H17FN4O3. The van der Waals surface area contributed by atoms with Crippen molar-refractivity contribution in [2.75, 3.05) is 6.61 Å². The Morgan fingerprint density at radius 3 is 2.93 bits per heavy atom. The number of rotatable bonds is 7. The van der Waals surface area contributed by atoms with Gasteiger partial charge in [0.2, 0.25) is 5.88 Å². The minimum absolute atomic E-state index is 0.0266. The predicted molar refractivity (Wildman–Crippen MR) is 97.1 cm³/mol. The van der Waals surface area contributed by atoms with Gasteiger partial charge in [-0.25, -0.2) is 9.07 Å². The van der Waals surface area contributed by atoms with Crippen molar-refractivity contribution in [3.8, 4) is 17.8 Å². The van der Waals surface area contributed by atoms with Gasteiger partial charge in [0, 0.05) is 23.4 Å². The Morgan fingerprint density at radius 2 is 2.18 bits per heavy atom. The van der Waals surface area contributed by atoms with E-state index < -0.39 is 5.82 Å². The number of carbonyl (C=O) groups is 1. The molecular weight excluding hydrogens is 363 g/mol. The summed E-state index contributed by atoms with van der Waals surface area (Å²) in [7, 11) is 0. The summed E-state index contributed by atoms with van der Waals surface area (Å²) in [6.45, 7) is 2.05. The van der Waals surface area contributed by atoms with Crippen LogP contribution in [0.2, 0.25) is 0 Å². The van der Waals surface area contributed by atoms with Crippen molar-refractivity contribution in [1.82, 2.24) is 14.8 Å². The average molecular weight is 380 g/mol. The van der Waals surface area contributed by atoms with Gasteiger partial charge in [-0.3, -0.25) is 4.79 Å². The second kappa shape index (κ2) is 8.77. The van der Waals surface area contributed by atoms with Gasteiger partial charge in [0.25, 0.3) is 0 Å². The highest BCUT2D eigenvalue weighted by Crippen LogP contribution is 2.16. The van der Waals surface area contributed by atoms with Gasteiger partial charge < -0.3 is 9.47 Å². The average Bonchev–Trinajstić information content (AvgIpc) is 3.16. The maximum Gasteiger partial charge on any atom is 0.310 e. The number of hydrogen-bond acceptors (Lipinski definition) is 6. The van der Waals surface area contributed by atoms with Crippen LogP contribution in [0.25, 0.3) is 5.82 Å². The fourth-order valence-corrected chi connectivity index (χ4v) is 2.45. The smallest absolute Gasteiger partial charge is 0.310 e. The molecule has 0 atom stereocenters. The first kappa shape index (κ1) is 19.0. The predicted octanol–water partition coefficient (Wildman–Crippen LogP) is 2.96. The number of benzene rings is 1. The normalized spacial score (nSPS) is 10.3. The van der Waals surface area contributed by atoms with E-state index in [9.17, 15) is 9.18 Å². The molecule has 2 heterocycles. The monoisotopic (exact) mass is 380 g/mol. The molecule has 0 saturated carbocycles. The first-order valence-corrected chi connectivity index (χ1v) is 8.57. The van der Waals surface area contributed by atoms with Gasteiger partial charge >= 0.3 is 5.97 Å². The van der Waals surface area contributed by atoms with Crippen molar-refractivity contribution < 1.29 is 18.7 Å². The molecule has 1 aromatic carbocycles. The van der Waals surface area contributed by atoms with Crippen LogP contribution >= 0.6 is 0 Å². The number of pyridine rings is 1. The van der Waals surface area contributed by atoms with Gasteiger partial charge in [-0.2, -0.15) is 15.3 Å². The number of halogens is 1. The summed E-state index contributed by atoms with van der Waals surface area (Å²) in [6, 6.07) is 11.2. The lowest BCUT2D eigenvalue weighted by Crippen LogP contribution is -2.07. The van der Waals surface area contributed by atoms with Gasteiger partial charge in [-0.1, -0.05) is 12.1 Å². The van der Waals surface area contributed by atoms with Crippen molar-refractivity contribution in [2.45, 2.75) is 20.0 Å². The van der Waals surface area contributed by atoms with Crippen LogP contribution in [0.15, 0.2) is 48.8 Å². The Bertz CT molecular complexity index is 1030. The molecule has 3 rings (SSSR count). The van der Waals surface area contributed by atoms with E-state index in [4.69, 9.17) is 14.7 Å². The van der Waals surface area contributed by atoms with E-state index >= 15 is 0 Å². The fourth-order valence-electron chi connectivity index (χ4n) is 2.45. The molecule has 8 heteroatoms. The molecule has 0 aliphatic carbocycles. The summed E-state index contributed by atoms with van der Waals surface area (Å²) in [4.78, 5) is 15.9. The zero-order valence-corrected chi connectivity index (χ0v) is 15.1. The molecule has 0 fully saturated rings. The molecule has 0 radical (unpaired) electrons. The van der Waals surface area contributed by atoms with Crippen LogP contribution in [0, 0.1) is 17.1 Å². The Hall–Kier alpha value is -3.73. The summed E-state index contributed by atoms with van der Waals surface area (Å²) >= 11 is 0. The number of nitriles is 1. The highest BCUT2D eigenvalue weighted by molar-refractivity contribution is 5.72. The third kappa shape index (κ3) is 4.71. The quantitative estimate of drug-likeness (QED) is 0.586. The molecule has 0 amide bonds. The molecule has 0 aliphatic heterocycles. The Balaban J connectivity index is 1.68. The van der Waals surface area contributed by atoms with E-state index in [1.807, 2.05) is 6.07 Å². The zero-order chi connectivity index (χ0) is 19.9. The molecule has 0 aliphatic rings. The van der Waals surface area contributed by atoms with Crippen molar-refractivity contribution in [3.05, 3.63) is 71.3 Å². The number of ether oxygens (including phenoxy) is 2. The van der Waals surface area contributed by atoms with Crippen LogP contribution in [0.5, 0.6) is 5.88 Å². The molecule has 0 unspecified atom stereocenters. The maximum atomic E-state index is 13.9. The highest BCUT2D eigenvalue weighted by Gasteiger charge is 2.09. The first-order valence-electron chi connectivity index (χ1n) is 8.57. The number of hydrogen-bond donors (Lipinski definition) is 0. The zero-order valence-electron chi connectivity index (χ0n) is 15.1. The molecule has 0 N–H and O–H groups in total. The largest absolute Gasteiger partial charge is 0.473 e. The molecule has 2 aromatic heterocycles. The molecule has 0 bridgehead atoms. The van der Waals surface area contributed by atoms with Gasteiger partial charge in [0.1, 0.15) is 12.4 Å². The first-order chi connectivity index (χ1) is 13.6. The van der Waals surface area contributed by atoms with Crippen molar-refractivity contribution >= 4 is 5.97 Å². The van der Waals surface area contributed by atoms with E-state index in [2.05, 4.69) is 10.1 Å². The van der Waals surface area contributed by atoms with Crippen molar-refractivity contribution in [3.63, 3.8) is 0 Å². The summed E-state index contributed by atoms with van der Waals surface area (Å²) < 4.78 is 25.9. The molecule has 28 heavy (non-hydrogen) atoms. The maximum absolute atomic E-state index is 13.9. The number of nitrogens with zero attached hydrogens (tertiary/aromatic N) is 4. The van der Waals surface area contributed by atoms with E-state index in [1.54, 1.807) is 37.5 Å². The number of carbonyl (C=O) groups excluding carboxylic acids is 1. The van der Waals surface area contributed by atoms with Crippen LogP contribution in [-0.4, -0.2) is 27.3 Å². The van der Waals surface area contributed by atoms with Crippen LogP contribution in [-0.2, 0) is 22.6 Å². The second-order valence-electron chi connectivity index (χ2n) is 5.82. The van der Waals surface area contributed by atoms with Crippen molar-refractivity contribution in [1.29, 1.82) is 5.26 Å². The Labute approximate surface area is 161 Å². The number of aromatic nitrogens is 3. The third-order valence-electron chi connectivity index (χ3n) is 3.79. The lowest BCUT2D eigenvalue weighted by Gasteiger charge is -2.08. The number of esters is 1. The lowest BCUT2D eigenvalue weighted by atomic mass is 10.1. The Morgan fingerprint density at radius 1 is 1.32 bits per heavy atom. The molecule has 3 aromatic rings. The summed E-state index contributed by atoms with van der Waals surface area (Å²) in [5.41, 5.74) is 1.27. The van der Waals surface area contributed by atoms with Crippen molar-refractivity contribution in [2.24, 2.45) is 0 Å². The molecule has 7 nitrogen and oxygen atoms in total. The van der Waals surface area contributed by atoms with Gasteiger partial charge in [0.05, 0.1) is 30.9 Å². The van der Waals surface area contributed by atoms with Crippen LogP contribution in [0.4, 0.5) is 4.39 Å². The van der Waals surface area contributed by atoms with Gasteiger partial charge in [-0.05, 0) is 25.1 Å². The van der Waals surface area contributed by atoms with E-state index in [1.165, 1.54) is 16.8 Å². The Kier molecular flexibility index (Phi) is 5.97. The molecule has 142 valence electrons. The fraction of sp³-hybridized carbons (Fsp3) is 0.200. The van der Waals surface area contributed by atoms with Gasteiger partial charge in [0.15, 0.2) is 5.82 Å². The third-order valence-corrected chi connectivity index (χ3v) is 3.79. The second-order valence-corrected chi connectivity index (χ2v) is 5.82. The van der Waals surface area contributed by atoms with Crippen LogP contribution in [0.3, 0.4) is 0 Å². The molecule has 0 saturated heterocycles. The highest BCUT2D eigenvalue weighted by atomic mass is 19.1. The van der Waals surface area contributed by atoms with E-state index in [0.717, 1.165) is 6.07 Å². The summed E-state index contributed by atoms with van der Waals surface area (Å²) in [5.74, 6) is -0.0426. The minimum Gasteiger partial charge on any atom is -0.473 e.